The number of hydrogen-bond donors (Lipinski definition) is 3. The summed E-state index contributed by atoms with van der Waals surface area (Å²) in [6, 6.07) is 5.01. The van der Waals surface area contributed by atoms with Crippen LogP contribution < -0.4 is 16.6 Å². The maximum absolute atomic E-state index is 13.2. The monoisotopic (exact) mass is 295 g/mol. The van der Waals surface area contributed by atoms with Crippen LogP contribution in [0.5, 0.6) is 0 Å². The van der Waals surface area contributed by atoms with E-state index in [1.807, 2.05) is 6.92 Å². The van der Waals surface area contributed by atoms with Crippen LogP contribution in [0.3, 0.4) is 0 Å². The van der Waals surface area contributed by atoms with Crippen LogP contribution in [0.25, 0.3) is 0 Å². The SMILES string of the molecule is CCOCc1nc(NN)cc(Nc2ccc(F)c(F)c2)n1. The van der Waals surface area contributed by atoms with E-state index in [1.54, 1.807) is 0 Å². The van der Waals surface area contributed by atoms with Crippen LogP contribution in [-0.4, -0.2) is 16.6 Å². The fraction of sp³-hybridized carbons (Fsp3) is 0.231. The highest BCUT2D eigenvalue weighted by atomic mass is 19.2. The van der Waals surface area contributed by atoms with Crippen molar-refractivity contribution in [3.8, 4) is 0 Å². The van der Waals surface area contributed by atoms with E-state index < -0.39 is 11.6 Å². The van der Waals surface area contributed by atoms with Gasteiger partial charge in [-0.25, -0.2) is 24.6 Å². The summed E-state index contributed by atoms with van der Waals surface area (Å²) in [5.41, 5.74) is 2.77. The van der Waals surface area contributed by atoms with Crippen molar-refractivity contribution in [1.82, 2.24) is 9.97 Å². The quantitative estimate of drug-likeness (QED) is 0.560. The van der Waals surface area contributed by atoms with Gasteiger partial charge in [-0.2, -0.15) is 0 Å². The fourth-order valence-corrected chi connectivity index (χ4v) is 1.61. The summed E-state index contributed by atoms with van der Waals surface area (Å²) >= 11 is 0. The first-order valence-electron chi connectivity index (χ1n) is 6.26. The van der Waals surface area contributed by atoms with Crippen LogP contribution >= 0.6 is 0 Å². The molecule has 0 bridgehead atoms. The first kappa shape index (κ1) is 15.1. The number of rotatable bonds is 6. The zero-order valence-electron chi connectivity index (χ0n) is 11.4. The van der Waals surface area contributed by atoms with Crippen LogP contribution in [-0.2, 0) is 11.3 Å². The Bertz CT molecular complexity index is 624. The number of hydrazine groups is 1. The minimum atomic E-state index is -0.944. The van der Waals surface area contributed by atoms with Crippen molar-refractivity contribution < 1.29 is 13.5 Å². The van der Waals surface area contributed by atoms with E-state index in [4.69, 9.17) is 10.6 Å². The van der Waals surface area contributed by atoms with E-state index in [1.165, 1.54) is 12.1 Å². The molecule has 0 fully saturated rings. The van der Waals surface area contributed by atoms with Gasteiger partial charge in [-0.3, -0.25) is 0 Å². The number of nitrogen functional groups attached to an aromatic ring is 1. The number of ether oxygens (including phenoxy) is 1. The Kier molecular flexibility index (Phi) is 4.96. The van der Waals surface area contributed by atoms with Gasteiger partial charge in [-0.1, -0.05) is 0 Å². The summed E-state index contributed by atoms with van der Waals surface area (Å²) in [5.74, 6) is 4.66. The summed E-state index contributed by atoms with van der Waals surface area (Å²) in [5, 5.41) is 2.85. The maximum atomic E-state index is 13.2. The molecule has 0 radical (unpaired) electrons. The van der Waals surface area contributed by atoms with Gasteiger partial charge in [-0.15, -0.1) is 0 Å². The molecule has 1 heterocycles. The van der Waals surface area contributed by atoms with Gasteiger partial charge >= 0.3 is 0 Å². The maximum Gasteiger partial charge on any atom is 0.160 e. The molecule has 0 aliphatic heterocycles. The first-order valence-corrected chi connectivity index (χ1v) is 6.26. The molecule has 2 aromatic rings. The molecule has 0 saturated heterocycles. The Hall–Kier alpha value is -2.32. The standard InChI is InChI=1S/C13H15F2N5O/c1-2-21-7-13-18-11(6-12(19-13)20-16)17-8-3-4-9(14)10(15)5-8/h3-6H,2,7,16H2,1H3,(H2,17,18,19,20). The van der Waals surface area contributed by atoms with E-state index in [-0.39, 0.29) is 6.61 Å². The Morgan fingerprint density at radius 3 is 2.57 bits per heavy atom. The second-order valence-electron chi connectivity index (χ2n) is 4.09. The molecule has 6 nitrogen and oxygen atoms in total. The van der Waals surface area contributed by atoms with Crippen molar-refractivity contribution >= 4 is 17.3 Å². The summed E-state index contributed by atoms with van der Waals surface area (Å²) in [7, 11) is 0. The molecule has 2 rings (SSSR count). The van der Waals surface area contributed by atoms with E-state index in [0.717, 1.165) is 12.1 Å². The normalized spacial score (nSPS) is 10.5. The van der Waals surface area contributed by atoms with Crippen molar-refractivity contribution in [3.63, 3.8) is 0 Å². The van der Waals surface area contributed by atoms with Gasteiger partial charge in [0.05, 0.1) is 0 Å². The molecule has 8 heteroatoms. The van der Waals surface area contributed by atoms with Crippen molar-refractivity contribution in [2.75, 3.05) is 17.3 Å². The fourth-order valence-electron chi connectivity index (χ4n) is 1.61. The smallest absolute Gasteiger partial charge is 0.160 e. The molecule has 0 aliphatic carbocycles. The lowest BCUT2D eigenvalue weighted by molar-refractivity contribution is 0.128. The van der Waals surface area contributed by atoms with Gasteiger partial charge in [0.25, 0.3) is 0 Å². The lowest BCUT2D eigenvalue weighted by Crippen LogP contribution is -2.12. The molecule has 1 aromatic carbocycles. The first-order chi connectivity index (χ1) is 10.1. The van der Waals surface area contributed by atoms with Crippen molar-refractivity contribution in [2.45, 2.75) is 13.5 Å². The number of halogens is 2. The van der Waals surface area contributed by atoms with Crippen molar-refractivity contribution in [3.05, 3.63) is 41.7 Å². The number of hydrogen-bond acceptors (Lipinski definition) is 6. The average molecular weight is 295 g/mol. The molecule has 0 aliphatic rings. The van der Waals surface area contributed by atoms with Gasteiger partial charge in [0.1, 0.15) is 18.2 Å². The molecule has 1 aromatic heterocycles. The highest BCUT2D eigenvalue weighted by molar-refractivity contribution is 5.59. The number of nitrogens with zero attached hydrogens (tertiary/aromatic N) is 2. The molecule has 112 valence electrons. The molecule has 21 heavy (non-hydrogen) atoms. The third kappa shape index (κ3) is 4.07. The van der Waals surface area contributed by atoms with Crippen molar-refractivity contribution in [1.29, 1.82) is 0 Å². The summed E-state index contributed by atoms with van der Waals surface area (Å²) < 4.78 is 31.3. The lowest BCUT2D eigenvalue weighted by atomic mass is 10.3. The zero-order valence-corrected chi connectivity index (χ0v) is 11.4. The average Bonchev–Trinajstić information content (AvgIpc) is 2.48. The van der Waals surface area contributed by atoms with Gasteiger partial charge in [0, 0.05) is 24.4 Å². The van der Waals surface area contributed by atoms with Crippen LogP contribution in [0.2, 0.25) is 0 Å². The number of nitrogens with one attached hydrogen (secondary N) is 2. The van der Waals surface area contributed by atoms with Crippen LogP contribution in [0.1, 0.15) is 12.7 Å². The second-order valence-corrected chi connectivity index (χ2v) is 4.09. The molecule has 0 atom stereocenters. The molecule has 0 unspecified atom stereocenters. The Labute approximate surface area is 120 Å². The van der Waals surface area contributed by atoms with Crippen LogP contribution in [0.15, 0.2) is 24.3 Å². The molecule has 0 saturated carbocycles. The van der Waals surface area contributed by atoms with Gasteiger partial charge in [0.15, 0.2) is 17.5 Å². The topological polar surface area (TPSA) is 85.1 Å². The molecular formula is C13H15F2N5O. The Morgan fingerprint density at radius 1 is 1.14 bits per heavy atom. The number of anilines is 3. The van der Waals surface area contributed by atoms with Crippen LogP contribution in [0.4, 0.5) is 26.1 Å². The van der Waals surface area contributed by atoms with E-state index in [9.17, 15) is 8.78 Å². The Balaban J connectivity index is 2.23. The van der Waals surface area contributed by atoms with E-state index in [0.29, 0.717) is 29.8 Å². The third-order valence-corrected chi connectivity index (χ3v) is 2.55. The predicted molar refractivity (Wildman–Crippen MR) is 74.8 cm³/mol. The highest BCUT2D eigenvalue weighted by Crippen LogP contribution is 2.19. The van der Waals surface area contributed by atoms with Crippen LogP contribution in [0, 0.1) is 11.6 Å². The largest absolute Gasteiger partial charge is 0.374 e. The third-order valence-electron chi connectivity index (χ3n) is 2.55. The van der Waals surface area contributed by atoms with Gasteiger partial charge in [-0.05, 0) is 19.1 Å². The highest BCUT2D eigenvalue weighted by Gasteiger charge is 2.07. The summed E-state index contributed by atoms with van der Waals surface area (Å²) in [6.07, 6.45) is 0. The van der Waals surface area contributed by atoms with Gasteiger partial charge < -0.3 is 15.5 Å². The van der Waals surface area contributed by atoms with Gasteiger partial charge in [0.2, 0.25) is 0 Å². The molecule has 0 spiro atoms. The second kappa shape index (κ2) is 6.91. The minimum absolute atomic E-state index is 0.221. The predicted octanol–water partition coefficient (Wildman–Crippen LogP) is 2.32. The number of benzene rings is 1. The number of nitrogens with two attached hydrogens (primary N) is 1. The lowest BCUT2D eigenvalue weighted by Gasteiger charge is -2.10. The summed E-state index contributed by atoms with van der Waals surface area (Å²) in [6.45, 7) is 2.60. The summed E-state index contributed by atoms with van der Waals surface area (Å²) in [4.78, 5) is 8.32. The minimum Gasteiger partial charge on any atom is -0.374 e. The zero-order chi connectivity index (χ0) is 15.2. The van der Waals surface area contributed by atoms with E-state index in [2.05, 4.69) is 20.7 Å². The molecule has 0 amide bonds. The Morgan fingerprint density at radius 2 is 1.90 bits per heavy atom. The molecule has 4 N–H and O–H groups in total. The van der Waals surface area contributed by atoms with E-state index >= 15 is 0 Å². The van der Waals surface area contributed by atoms with Crippen molar-refractivity contribution in [2.24, 2.45) is 5.84 Å². The number of aromatic nitrogens is 2. The molecular weight excluding hydrogens is 280 g/mol.